The van der Waals surface area contributed by atoms with Crippen LogP contribution in [0.15, 0.2) is 69.8 Å². The summed E-state index contributed by atoms with van der Waals surface area (Å²) in [4.78, 5) is 67.3. The van der Waals surface area contributed by atoms with Gasteiger partial charge in [0.15, 0.2) is 28.8 Å². The molecule has 1 N–H and O–H groups in total. The third-order valence-electron chi connectivity index (χ3n) is 8.47. The van der Waals surface area contributed by atoms with Gasteiger partial charge in [-0.2, -0.15) is 0 Å². The van der Waals surface area contributed by atoms with E-state index in [1.807, 2.05) is 6.08 Å². The van der Waals surface area contributed by atoms with Gasteiger partial charge in [-0.15, -0.1) is 0 Å². The summed E-state index contributed by atoms with van der Waals surface area (Å²) in [6, 6.07) is 9.42. The Morgan fingerprint density at radius 3 is 2.44 bits per heavy atom. The number of amides is 2. The summed E-state index contributed by atoms with van der Waals surface area (Å²) in [5.74, 6) is -4.39. The van der Waals surface area contributed by atoms with E-state index in [0.29, 0.717) is 16.8 Å². The van der Waals surface area contributed by atoms with Gasteiger partial charge in [0.25, 0.3) is 0 Å². The number of Topliss-reactive ketones (excluding diaryl/α,β-unsaturated/α-hetero) is 2. The molecule has 2 aromatic rings. The molecule has 4 atom stereocenters. The first-order valence-electron chi connectivity index (χ1n) is 13.0. The highest BCUT2D eigenvalue weighted by Gasteiger charge is 2.56. The first kappa shape index (κ1) is 27.4. The fourth-order valence-electron chi connectivity index (χ4n) is 6.60. The van der Waals surface area contributed by atoms with Gasteiger partial charge in [0.05, 0.1) is 34.1 Å². The normalized spacial score (nSPS) is 25.4. The number of carbonyl (C=O) groups is 5. The maximum absolute atomic E-state index is 14.0. The number of fused-ring (bicyclic) bond motifs is 3. The number of nitrogens with zero attached hydrogens (tertiary/aromatic N) is 1. The van der Waals surface area contributed by atoms with Gasteiger partial charge in [-0.3, -0.25) is 28.9 Å². The molecule has 2 aromatic carbocycles. The number of hydrogen-bond donors (Lipinski definition) is 1. The van der Waals surface area contributed by atoms with Crippen LogP contribution in [-0.4, -0.2) is 41.4 Å². The lowest BCUT2D eigenvalue weighted by molar-refractivity contribution is -0.123. The lowest BCUT2D eigenvalue weighted by Gasteiger charge is -2.42. The molecule has 2 amide bonds. The molecule has 0 spiro atoms. The van der Waals surface area contributed by atoms with Gasteiger partial charge in [-0.1, -0.05) is 23.3 Å². The Balaban J connectivity index is 1.48. The number of rotatable bonds is 4. The van der Waals surface area contributed by atoms with Crippen LogP contribution in [0.25, 0.3) is 0 Å². The molecular weight excluding hydrogens is 614 g/mol. The summed E-state index contributed by atoms with van der Waals surface area (Å²) in [6.45, 7) is 1.44. The Labute approximate surface area is 248 Å². The maximum Gasteiger partial charge on any atom is 0.238 e. The van der Waals surface area contributed by atoms with Crippen LogP contribution in [0.4, 0.5) is 5.69 Å². The number of allylic oxidation sites excluding steroid dienone is 6. The molecule has 6 rings (SSSR count). The smallest absolute Gasteiger partial charge is 0.238 e. The summed E-state index contributed by atoms with van der Waals surface area (Å²) in [6.07, 6.45) is 3.53. The van der Waals surface area contributed by atoms with Crippen molar-refractivity contribution < 1.29 is 33.8 Å². The Morgan fingerprint density at radius 1 is 1.07 bits per heavy atom. The highest BCUT2D eigenvalue weighted by atomic mass is 79.9. The lowest BCUT2D eigenvalue weighted by Crippen LogP contribution is -2.39. The van der Waals surface area contributed by atoms with Crippen molar-refractivity contribution in [2.24, 2.45) is 17.8 Å². The van der Waals surface area contributed by atoms with Gasteiger partial charge < -0.3 is 9.84 Å². The first-order chi connectivity index (χ1) is 19.5. The van der Waals surface area contributed by atoms with E-state index in [-0.39, 0.29) is 74.2 Å². The van der Waals surface area contributed by atoms with E-state index < -0.39 is 23.7 Å². The van der Waals surface area contributed by atoms with Crippen molar-refractivity contribution in [2.75, 3.05) is 12.0 Å². The third kappa shape index (κ3) is 4.13. The number of anilines is 1. The minimum atomic E-state index is -0.756. The van der Waals surface area contributed by atoms with Gasteiger partial charge in [0.2, 0.25) is 11.8 Å². The summed E-state index contributed by atoms with van der Waals surface area (Å²) in [5, 5.41) is 10.4. The van der Waals surface area contributed by atoms with E-state index in [4.69, 9.17) is 16.3 Å². The second kappa shape index (κ2) is 9.92. The second-order valence-corrected chi connectivity index (χ2v) is 11.8. The summed E-state index contributed by atoms with van der Waals surface area (Å²) in [5.41, 5.74) is 2.67. The predicted molar refractivity (Wildman–Crippen MR) is 153 cm³/mol. The van der Waals surface area contributed by atoms with Crippen LogP contribution in [0.1, 0.15) is 41.6 Å². The molecule has 0 radical (unpaired) electrons. The largest absolute Gasteiger partial charge is 0.503 e. The number of phenols is 1. The maximum atomic E-state index is 14.0. The minimum Gasteiger partial charge on any atom is -0.503 e. The Bertz CT molecular complexity index is 1690. The fourth-order valence-corrected chi connectivity index (χ4v) is 7.27. The van der Waals surface area contributed by atoms with Crippen LogP contribution in [0.2, 0.25) is 5.02 Å². The number of ketones is 3. The third-order valence-corrected chi connectivity index (χ3v) is 9.34. The molecule has 0 unspecified atom stereocenters. The van der Waals surface area contributed by atoms with Gasteiger partial charge >= 0.3 is 0 Å². The summed E-state index contributed by atoms with van der Waals surface area (Å²) >= 11 is 9.55. The van der Waals surface area contributed by atoms with E-state index in [2.05, 4.69) is 15.9 Å². The van der Waals surface area contributed by atoms with Crippen LogP contribution in [0.5, 0.6) is 11.5 Å². The zero-order chi connectivity index (χ0) is 29.3. The first-order valence-corrected chi connectivity index (χ1v) is 14.1. The fraction of sp³-hybridized carbons (Fsp3) is 0.258. The van der Waals surface area contributed by atoms with Crippen LogP contribution in [-0.2, 0) is 19.2 Å². The number of hydrogen-bond acceptors (Lipinski definition) is 7. The monoisotopic (exact) mass is 635 g/mol. The topological polar surface area (TPSA) is 118 Å². The Hall–Kier alpha value is -3.82. The molecular formula is C31H23BrClNO7. The van der Waals surface area contributed by atoms with E-state index >= 15 is 0 Å². The van der Waals surface area contributed by atoms with E-state index in [9.17, 15) is 29.1 Å². The number of halogens is 2. The molecule has 4 aliphatic rings. The molecule has 1 heterocycles. The standard InChI is InChI=1S/C31H23BrClNO7/c1-13(35)14-3-5-16(6-4-14)34-30(39)18-8-7-17-19(26(18)31(34)40)11-20-27(23(36)12-21(32)28(20)37)25(17)15-9-22(33)29(38)24(10-15)41-2/h3-7,9-10,12,18-19,25-26,38H,8,11H2,1-2H3/t18-,19+,25-,26-/m0/s1. The van der Waals surface area contributed by atoms with Crippen LogP contribution < -0.4 is 9.64 Å². The van der Waals surface area contributed by atoms with Crippen LogP contribution >= 0.6 is 27.5 Å². The molecule has 1 saturated heterocycles. The quantitative estimate of drug-likeness (QED) is 0.212. The molecule has 0 bridgehead atoms. The highest BCUT2D eigenvalue weighted by Crippen LogP contribution is 2.56. The van der Waals surface area contributed by atoms with E-state index in [1.165, 1.54) is 31.1 Å². The predicted octanol–water partition coefficient (Wildman–Crippen LogP) is 5.22. The van der Waals surface area contributed by atoms with Crippen molar-refractivity contribution in [1.82, 2.24) is 0 Å². The zero-order valence-corrected chi connectivity index (χ0v) is 24.3. The average Bonchev–Trinajstić information content (AvgIpc) is 3.21. The Kier molecular flexibility index (Phi) is 6.62. The molecule has 208 valence electrons. The molecule has 8 nitrogen and oxygen atoms in total. The van der Waals surface area contributed by atoms with Crippen molar-refractivity contribution in [2.45, 2.75) is 25.7 Å². The van der Waals surface area contributed by atoms with Gasteiger partial charge in [-0.25, -0.2) is 0 Å². The van der Waals surface area contributed by atoms with Crippen molar-refractivity contribution in [3.05, 3.63) is 85.9 Å². The van der Waals surface area contributed by atoms with Gasteiger partial charge in [-0.05, 0) is 83.6 Å². The summed E-state index contributed by atoms with van der Waals surface area (Å²) in [7, 11) is 1.38. The lowest BCUT2D eigenvalue weighted by atomic mass is 9.59. The second-order valence-electron chi connectivity index (χ2n) is 10.6. The molecule has 41 heavy (non-hydrogen) atoms. The number of aromatic hydroxyl groups is 1. The molecule has 3 aliphatic carbocycles. The van der Waals surface area contributed by atoms with Gasteiger partial charge in [0.1, 0.15) is 0 Å². The minimum absolute atomic E-state index is 0.0107. The molecule has 0 saturated carbocycles. The summed E-state index contributed by atoms with van der Waals surface area (Å²) < 4.78 is 5.44. The Morgan fingerprint density at radius 2 is 1.78 bits per heavy atom. The van der Waals surface area contributed by atoms with Crippen molar-refractivity contribution in [3.8, 4) is 11.5 Å². The van der Waals surface area contributed by atoms with Crippen molar-refractivity contribution >= 4 is 62.4 Å². The van der Waals surface area contributed by atoms with Crippen molar-refractivity contribution in [3.63, 3.8) is 0 Å². The molecule has 1 fully saturated rings. The van der Waals surface area contributed by atoms with Crippen LogP contribution in [0.3, 0.4) is 0 Å². The van der Waals surface area contributed by atoms with Crippen molar-refractivity contribution in [1.29, 1.82) is 0 Å². The number of imide groups is 1. The number of methoxy groups -OCH3 is 1. The molecule has 0 aromatic heterocycles. The van der Waals surface area contributed by atoms with E-state index in [0.717, 1.165) is 5.57 Å². The van der Waals surface area contributed by atoms with Crippen LogP contribution in [0, 0.1) is 17.8 Å². The number of ether oxygens (including phenoxy) is 1. The number of phenolic OH excluding ortho intramolecular Hbond substituents is 1. The van der Waals surface area contributed by atoms with Gasteiger partial charge in [0, 0.05) is 28.7 Å². The zero-order valence-electron chi connectivity index (χ0n) is 21.9. The molecule has 1 aliphatic heterocycles. The van der Waals surface area contributed by atoms with E-state index in [1.54, 1.807) is 30.3 Å². The SMILES string of the molecule is COc1cc([C@H]2C3=CC[C@@H]4C(=O)N(c5ccc(C(C)=O)cc5)C(=O)[C@@H]4[C@@H]3CC3=C2C(=O)C=C(Br)C3=O)cc(Cl)c1O. The number of carbonyl (C=O) groups excluding carboxylic acids is 5. The highest BCUT2D eigenvalue weighted by molar-refractivity contribution is 9.12. The molecule has 10 heteroatoms. The number of benzene rings is 2. The average molecular weight is 637 g/mol.